The van der Waals surface area contributed by atoms with E-state index in [-0.39, 0.29) is 11.9 Å². The van der Waals surface area contributed by atoms with E-state index in [0.29, 0.717) is 12.8 Å². The predicted molar refractivity (Wildman–Crippen MR) is 85.7 cm³/mol. The number of esters is 1. The van der Waals surface area contributed by atoms with Gasteiger partial charge < -0.3 is 10.1 Å². The molecule has 22 heavy (non-hydrogen) atoms. The first-order valence-corrected chi connectivity index (χ1v) is 8.03. The number of carbonyl (C=O) groups is 2. The van der Waals surface area contributed by atoms with Crippen molar-refractivity contribution in [2.75, 3.05) is 7.11 Å². The normalized spacial score (nSPS) is 18.3. The Kier molecular flexibility index (Phi) is 5.46. The molecule has 5 heteroatoms. The fourth-order valence-corrected chi connectivity index (χ4v) is 3.12. The molecule has 1 aliphatic rings. The minimum atomic E-state index is -0.929. The molecule has 1 saturated carbocycles. The van der Waals surface area contributed by atoms with Gasteiger partial charge in [0.15, 0.2) is 0 Å². The van der Waals surface area contributed by atoms with Gasteiger partial charge in [0.05, 0.1) is 7.11 Å². The summed E-state index contributed by atoms with van der Waals surface area (Å²) in [5.41, 5.74) is 0.897. The summed E-state index contributed by atoms with van der Waals surface area (Å²) in [6, 6.07) is 7.49. The van der Waals surface area contributed by atoms with Crippen LogP contribution in [-0.4, -0.2) is 24.5 Å². The monoisotopic (exact) mass is 323 g/mol. The van der Waals surface area contributed by atoms with E-state index in [9.17, 15) is 9.59 Å². The van der Waals surface area contributed by atoms with Crippen LogP contribution in [0.25, 0.3) is 0 Å². The molecular weight excluding hydrogens is 302 g/mol. The lowest BCUT2D eigenvalue weighted by molar-refractivity contribution is -0.152. The molecule has 0 saturated heterocycles. The lowest BCUT2D eigenvalue weighted by Crippen LogP contribution is -2.56. The second-order valence-electron chi connectivity index (χ2n) is 5.90. The molecule has 0 spiro atoms. The third kappa shape index (κ3) is 3.61. The van der Waals surface area contributed by atoms with Gasteiger partial charge in [-0.1, -0.05) is 49.1 Å². The standard InChI is InChI=1S/C17H22ClNO3/c1-12-6-8-13(9-7-12)14(18)15(20)19-17(16(21)22-2)10-4-3-5-11-17/h6-9,14H,3-5,10-11H2,1-2H3,(H,19,20). The lowest BCUT2D eigenvalue weighted by atomic mass is 9.81. The van der Waals surface area contributed by atoms with Crippen LogP contribution in [0.15, 0.2) is 24.3 Å². The zero-order valence-electron chi connectivity index (χ0n) is 13.0. The van der Waals surface area contributed by atoms with Crippen molar-refractivity contribution in [2.45, 2.75) is 49.9 Å². The summed E-state index contributed by atoms with van der Waals surface area (Å²) in [6.45, 7) is 1.97. The van der Waals surface area contributed by atoms with Crippen molar-refractivity contribution in [1.82, 2.24) is 5.32 Å². The molecule has 1 atom stereocenters. The summed E-state index contributed by atoms with van der Waals surface area (Å²) < 4.78 is 4.90. The Bertz CT molecular complexity index is 535. The van der Waals surface area contributed by atoms with Gasteiger partial charge >= 0.3 is 5.97 Å². The highest BCUT2D eigenvalue weighted by Crippen LogP contribution is 2.31. The molecule has 4 nitrogen and oxygen atoms in total. The van der Waals surface area contributed by atoms with Crippen LogP contribution < -0.4 is 5.32 Å². The number of hydrogen-bond donors (Lipinski definition) is 1. The van der Waals surface area contributed by atoms with E-state index in [2.05, 4.69) is 5.32 Å². The Labute approximate surface area is 136 Å². The average Bonchev–Trinajstić information content (AvgIpc) is 2.54. The van der Waals surface area contributed by atoms with Crippen LogP contribution in [-0.2, 0) is 14.3 Å². The number of amides is 1. The van der Waals surface area contributed by atoms with Crippen LogP contribution in [0.2, 0.25) is 0 Å². The van der Waals surface area contributed by atoms with Gasteiger partial charge in [-0.25, -0.2) is 4.79 Å². The van der Waals surface area contributed by atoms with Crippen LogP contribution in [0.5, 0.6) is 0 Å². The first-order chi connectivity index (χ1) is 10.5. The lowest BCUT2D eigenvalue weighted by Gasteiger charge is -2.35. The number of benzene rings is 1. The fraction of sp³-hybridized carbons (Fsp3) is 0.529. The molecule has 1 aliphatic carbocycles. The van der Waals surface area contributed by atoms with Gasteiger partial charge in [0.2, 0.25) is 5.91 Å². The van der Waals surface area contributed by atoms with E-state index < -0.39 is 10.9 Å². The molecule has 1 aromatic rings. The number of aryl methyl sites for hydroxylation is 1. The first kappa shape index (κ1) is 16.8. The maximum atomic E-state index is 12.5. The molecule has 1 aromatic carbocycles. The number of hydrogen-bond acceptors (Lipinski definition) is 3. The van der Waals surface area contributed by atoms with E-state index in [1.54, 1.807) is 0 Å². The zero-order chi connectivity index (χ0) is 16.2. The summed E-state index contributed by atoms with van der Waals surface area (Å²) in [5, 5.41) is 2.03. The van der Waals surface area contributed by atoms with E-state index in [1.807, 2.05) is 31.2 Å². The summed E-state index contributed by atoms with van der Waals surface area (Å²) in [5.74, 6) is -0.730. The molecular formula is C17H22ClNO3. The quantitative estimate of drug-likeness (QED) is 0.683. The summed E-state index contributed by atoms with van der Waals surface area (Å²) >= 11 is 6.27. The smallest absolute Gasteiger partial charge is 0.331 e. The van der Waals surface area contributed by atoms with Crippen molar-refractivity contribution < 1.29 is 14.3 Å². The number of methoxy groups -OCH3 is 1. The van der Waals surface area contributed by atoms with Gasteiger partial charge in [0.25, 0.3) is 0 Å². The number of halogens is 1. The summed E-state index contributed by atoms with van der Waals surface area (Å²) in [4.78, 5) is 24.6. The topological polar surface area (TPSA) is 55.4 Å². The molecule has 1 unspecified atom stereocenters. The SMILES string of the molecule is COC(=O)C1(NC(=O)C(Cl)c2ccc(C)cc2)CCCCC1. The van der Waals surface area contributed by atoms with Gasteiger partial charge in [-0.05, 0) is 25.3 Å². The van der Waals surface area contributed by atoms with Crippen molar-refractivity contribution in [3.63, 3.8) is 0 Å². The molecule has 0 bridgehead atoms. The number of rotatable bonds is 4. The Hall–Kier alpha value is -1.55. The largest absolute Gasteiger partial charge is 0.467 e. The van der Waals surface area contributed by atoms with Crippen molar-refractivity contribution >= 4 is 23.5 Å². The number of nitrogens with one attached hydrogen (secondary N) is 1. The highest BCUT2D eigenvalue weighted by atomic mass is 35.5. The second kappa shape index (κ2) is 7.14. The average molecular weight is 324 g/mol. The van der Waals surface area contributed by atoms with E-state index >= 15 is 0 Å². The van der Waals surface area contributed by atoms with Crippen molar-refractivity contribution in [3.8, 4) is 0 Å². The van der Waals surface area contributed by atoms with Crippen LogP contribution in [0.3, 0.4) is 0 Å². The van der Waals surface area contributed by atoms with Crippen molar-refractivity contribution in [2.24, 2.45) is 0 Å². The molecule has 0 aromatic heterocycles. The Morgan fingerprint density at radius 3 is 2.32 bits per heavy atom. The minimum Gasteiger partial charge on any atom is -0.467 e. The number of ether oxygens (including phenoxy) is 1. The van der Waals surface area contributed by atoms with Gasteiger partial charge in [-0.2, -0.15) is 0 Å². The maximum absolute atomic E-state index is 12.5. The van der Waals surface area contributed by atoms with Gasteiger partial charge in [-0.15, -0.1) is 11.6 Å². The maximum Gasteiger partial charge on any atom is 0.331 e. The summed E-state index contributed by atoms with van der Waals surface area (Å²) in [7, 11) is 1.35. The Morgan fingerprint density at radius 2 is 1.77 bits per heavy atom. The fourth-order valence-electron chi connectivity index (χ4n) is 2.92. The zero-order valence-corrected chi connectivity index (χ0v) is 13.8. The van der Waals surface area contributed by atoms with Crippen LogP contribution in [0, 0.1) is 6.92 Å². The molecule has 1 N–H and O–H groups in total. The van der Waals surface area contributed by atoms with Crippen molar-refractivity contribution in [3.05, 3.63) is 35.4 Å². The molecule has 1 amide bonds. The Morgan fingerprint density at radius 1 is 1.18 bits per heavy atom. The van der Waals surface area contributed by atoms with Crippen LogP contribution >= 0.6 is 11.6 Å². The molecule has 0 radical (unpaired) electrons. The Balaban J connectivity index is 2.13. The summed E-state index contributed by atoms with van der Waals surface area (Å²) in [6.07, 6.45) is 4.06. The van der Waals surface area contributed by atoms with Gasteiger partial charge in [0.1, 0.15) is 10.9 Å². The van der Waals surface area contributed by atoms with Gasteiger partial charge in [-0.3, -0.25) is 4.79 Å². The second-order valence-corrected chi connectivity index (χ2v) is 6.33. The van der Waals surface area contributed by atoms with Crippen molar-refractivity contribution in [1.29, 1.82) is 0 Å². The van der Waals surface area contributed by atoms with E-state index in [4.69, 9.17) is 16.3 Å². The van der Waals surface area contributed by atoms with Gasteiger partial charge in [0, 0.05) is 0 Å². The van der Waals surface area contributed by atoms with Crippen LogP contribution in [0.4, 0.5) is 0 Å². The number of carbonyl (C=O) groups excluding carboxylic acids is 2. The molecule has 1 fully saturated rings. The molecule has 2 rings (SSSR count). The van der Waals surface area contributed by atoms with Crippen LogP contribution in [0.1, 0.15) is 48.6 Å². The number of alkyl halides is 1. The minimum absolute atomic E-state index is 0.349. The highest BCUT2D eigenvalue weighted by molar-refractivity contribution is 6.31. The van der Waals surface area contributed by atoms with E-state index in [0.717, 1.165) is 30.4 Å². The highest BCUT2D eigenvalue weighted by Gasteiger charge is 2.42. The van der Waals surface area contributed by atoms with E-state index in [1.165, 1.54) is 7.11 Å². The third-order valence-electron chi connectivity index (χ3n) is 4.25. The molecule has 0 heterocycles. The molecule has 0 aliphatic heterocycles. The first-order valence-electron chi connectivity index (χ1n) is 7.59. The molecule has 120 valence electrons. The predicted octanol–water partition coefficient (Wildman–Crippen LogP) is 3.27. The third-order valence-corrected chi connectivity index (χ3v) is 4.70.